The van der Waals surface area contributed by atoms with Crippen LogP contribution in [0.5, 0.6) is 0 Å². The normalized spacial score (nSPS) is 8.00. The van der Waals surface area contributed by atoms with Gasteiger partial charge in [0.1, 0.15) is 0 Å². The van der Waals surface area contributed by atoms with Gasteiger partial charge in [0.2, 0.25) is 0 Å². The topological polar surface area (TPSA) is 83.8 Å². The number of rotatable bonds is 6. The molecule has 0 saturated heterocycles. The maximum Gasteiger partial charge on any atom is 1.00 e. The largest absolute Gasteiger partial charge is 1.00 e. The number of carboxylic acid groups (broad SMARTS) is 2. The zero-order valence-corrected chi connectivity index (χ0v) is 13.7. The van der Waals surface area contributed by atoms with Crippen LogP contribution in [-0.4, -0.2) is 33.8 Å². The first-order valence-corrected chi connectivity index (χ1v) is 4.02. The number of carboxylic acids is 2. The summed E-state index contributed by atoms with van der Waals surface area (Å²) in [6, 6.07) is 0. The van der Waals surface area contributed by atoms with Crippen LogP contribution in [0.1, 0.15) is 22.1 Å². The molecule has 0 radical (unpaired) electrons. The van der Waals surface area contributed by atoms with E-state index in [0.717, 1.165) is 0 Å². The monoisotopic (exact) mass is 254 g/mol. The molecule has 0 aromatic carbocycles. The Morgan fingerprint density at radius 1 is 1.07 bits per heavy atom. The van der Waals surface area contributed by atoms with Crippen LogP contribution in [0, 0.1) is 0 Å². The second-order valence-corrected chi connectivity index (χ2v) is 2.71. The van der Waals surface area contributed by atoms with Crippen molar-refractivity contribution in [1.29, 1.82) is 0 Å². The Hall–Kier alpha value is 0.830. The molecule has 0 rings (SSSR count). The van der Waals surface area contributed by atoms with Crippen molar-refractivity contribution in [3.63, 3.8) is 0 Å². The molecule has 0 bridgehead atoms. The van der Waals surface area contributed by atoms with Gasteiger partial charge in [-0.15, -0.1) is 0 Å². The SMILES string of the molecule is O=C(O)CCOC(=S)CCC(=O)O.[H-].[H-].[Na+].[Na+]. The molecule has 0 aromatic heterocycles. The fourth-order valence-electron chi connectivity index (χ4n) is 0.533. The summed E-state index contributed by atoms with van der Waals surface area (Å²) in [5.41, 5.74) is 0. The number of thiocarbonyl (C=S) groups is 1. The van der Waals surface area contributed by atoms with Gasteiger partial charge in [0, 0.05) is 6.42 Å². The van der Waals surface area contributed by atoms with Gasteiger partial charge in [-0.3, -0.25) is 9.59 Å². The molecule has 0 heterocycles. The van der Waals surface area contributed by atoms with Gasteiger partial charge in [-0.1, -0.05) is 0 Å². The molecule has 78 valence electrons. The standard InChI is InChI=1S/C7H10O5S.2Na.2H/c8-5(9)1-2-7(13)12-4-3-6(10)11;;;;/h1-4H2,(H,8,9)(H,10,11);;;;/q;2*+1;2*-1. The first-order chi connectivity index (χ1) is 6.02. The van der Waals surface area contributed by atoms with Crippen molar-refractivity contribution in [2.75, 3.05) is 6.61 Å². The molecular weight excluding hydrogens is 242 g/mol. The van der Waals surface area contributed by atoms with E-state index in [0.29, 0.717) is 0 Å². The molecule has 15 heavy (non-hydrogen) atoms. The minimum Gasteiger partial charge on any atom is -1.00 e. The number of carbonyl (C=O) groups is 2. The van der Waals surface area contributed by atoms with Crippen molar-refractivity contribution >= 4 is 29.2 Å². The average Bonchev–Trinajstić information content (AvgIpc) is 2.00. The molecule has 2 N–H and O–H groups in total. The average molecular weight is 254 g/mol. The van der Waals surface area contributed by atoms with Crippen molar-refractivity contribution in [1.82, 2.24) is 0 Å². The Morgan fingerprint density at radius 3 is 1.93 bits per heavy atom. The molecule has 8 heteroatoms. The van der Waals surface area contributed by atoms with Gasteiger partial charge in [-0.05, 0) is 12.2 Å². The zero-order chi connectivity index (χ0) is 10.3. The fraction of sp³-hybridized carbons (Fsp3) is 0.571. The third-order valence-corrected chi connectivity index (χ3v) is 1.44. The molecule has 5 nitrogen and oxygen atoms in total. The number of hydrogen-bond acceptors (Lipinski definition) is 4. The third kappa shape index (κ3) is 17.4. The maximum atomic E-state index is 10.1. The second-order valence-electron chi connectivity index (χ2n) is 2.26. The Bertz CT molecular complexity index is 230. The van der Waals surface area contributed by atoms with Crippen molar-refractivity contribution in [3.05, 3.63) is 0 Å². The van der Waals surface area contributed by atoms with Crippen LogP contribution in [-0.2, 0) is 14.3 Å². The summed E-state index contributed by atoms with van der Waals surface area (Å²) in [6.07, 6.45) is -0.0800. The predicted molar refractivity (Wildman–Crippen MR) is 49.9 cm³/mol. The van der Waals surface area contributed by atoms with E-state index in [-0.39, 0.29) is 92.9 Å². The van der Waals surface area contributed by atoms with E-state index in [2.05, 4.69) is 12.2 Å². The molecule has 0 aliphatic heterocycles. The number of ether oxygens (including phenoxy) is 1. The first-order valence-electron chi connectivity index (χ1n) is 3.61. The molecule has 0 amide bonds. The van der Waals surface area contributed by atoms with E-state index >= 15 is 0 Å². The number of hydrogen-bond donors (Lipinski definition) is 2. The molecular formula is C7H12Na2O5S. The molecule has 0 fully saturated rings. The van der Waals surface area contributed by atoms with Crippen molar-refractivity contribution in [3.8, 4) is 0 Å². The summed E-state index contributed by atoms with van der Waals surface area (Å²) in [5, 5.41) is 16.6. The van der Waals surface area contributed by atoms with Crippen LogP contribution in [0.4, 0.5) is 0 Å². The Balaban J connectivity index is -0.000000120. The summed E-state index contributed by atoms with van der Waals surface area (Å²) < 4.78 is 4.79. The third-order valence-electron chi connectivity index (χ3n) is 1.12. The quantitative estimate of drug-likeness (QED) is 0.364. The van der Waals surface area contributed by atoms with Crippen LogP contribution in [0.15, 0.2) is 0 Å². The smallest absolute Gasteiger partial charge is 1.00 e. The van der Waals surface area contributed by atoms with E-state index in [1.54, 1.807) is 0 Å². The molecule has 0 spiro atoms. The van der Waals surface area contributed by atoms with Crippen LogP contribution in [0.3, 0.4) is 0 Å². The first kappa shape index (κ1) is 21.1. The summed E-state index contributed by atoms with van der Waals surface area (Å²) in [5.74, 6) is -1.93. The van der Waals surface area contributed by atoms with Gasteiger partial charge >= 0.3 is 71.1 Å². The summed E-state index contributed by atoms with van der Waals surface area (Å²) in [6.45, 7) is -0.00616. The molecule has 0 unspecified atom stereocenters. The molecule has 0 atom stereocenters. The summed E-state index contributed by atoms with van der Waals surface area (Å²) in [4.78, 5) is 20.1. The maximum absolute atomic E-state index is 10.1. The van der Waals surface area contributed by atoms with Crippen LogP contribution in [0.25, 0.3) is 0 Å². The van der Waals surface area contributed by atoms with Crippen LogP contribution in [0.2, 0.25) is 0 Å². The fourth-order valence-corrected chi connectivity index (χ4v) is 0.719. The van der Waals surface area contributed by atoms with Crippen molar-refractivity contribution in [2.24, 2.45) is 0 Å². The molecule has 0 saturated carbocycles. The second kappa shape index (κ2) is 12.9. The molecule has 0 aromatic rings. The van der Waals surface area contributed by atoms with Crippen molar-refractivity contribution in [2.45, 2.75) is 19.3 Å². The van der Waals surface area contributed by atoms with Gasteiger partial charge in [0.05, 0.1) is 19.4 Å². The van der Waals surface area contributed by atoms with Gasteiger partial charge in [-0.2, -0.15) is 0 Å². The van der Waals surface area contributed by atoms with Crippen LogP contribution < -0.4 is 59.1 Å². The Labute approximate surface area is 140 Å². The number of aliphatic carboxylic acids is 2. The van der Waals surface area contributed by atoms with E-state index in [9.17, 15) is 9.59 Å². The molecule has 0 aliphatic carbocycles. The summed E-state index contributed by atoms with van der Waals surface area (Å²) in [7, 11) is 0. The van der Waals surface area contributed by atoms with E-state index in [4.69, 9.17) is 14.9 Å². The minimum atomic E-state index is -0.971. The van der Waals surface area contributed by atoms with Crippen LogP contribution >= 0.6 is 12.2 Å². The van der Waals surface area contributed by atoms with E-state index in [1.165, 1.54) is 0 Å². The summed E-state index contributed by atoms with van der Waals surface area (Å²) >= 11 is 4.65. The predicted octanol–water partition coefficient (Wildman–Crippen LogP) is -5.10. The van der Waals surface area contributed by atoms with Gasteiger partial charge in [0.25, 0.3) is 0 Å². The van der Waals surface area contributed by atoms with Gasteiger partial charge in [0.15, 0.2) is 5.05 Å². The molecule has 0 aliphatic rings. The van der Waals surface area contributed by atoms with E-state index in [1.807, 2.05) is 0 Å². The van der Waals surface area contributed by atoms with Crippen molar-refractivity contribution < 1.29 is 86.5 Å². The van der Waals surface area contributed by atoms with Gasteiger partial charge < -0.3 is 17.8 Å². The zero-order valence-electron chi connectivity index (χ0n) is 10.9. The minimum absolute atomic E-state index is 0. The van der Waals surface area contributed by atoms with E-state index < -0.39 is 11.9 Å². The van der Waals surface area contributed by atoms with Gasteiger partial charge in [-0.25, -0.2) is 0 Å². The Kier molecular flexibility index (Phi) is 18.2. The Morgan fingerprint density at radius 2 is 1.53 bits per heavy atom.